The smallest absolute Gasteiger partial charge is 0.0607 e. The fraction of sp³-hybridized carbons (Fsp3) is 0.818. The Morgan fingerprint density at radius 3 is 2.77 bits per heavy atom. The lowest BCUT2D eigenvalue weighted by atomic mass is 10.0. The molecule has 0 radical (unpaired) electrons. The summed E-state index contributed by atoms with van der Waals surface area (Å²) in [4.78, 5) is 2.45. The van der Waals surface area contributed by atoms with Crippen molar-refractivity contribution < 1.29 is 0 Å². The molecule has 0 aromatic carbocycles. The molecule has 13 heavy (non-hydrogen) atoms. The number of hydrogen-bond acceptors (Lipinski definition) is 2. The summed E-state index contributed by atoms with van der Waals surface area (Å²) < 4.78 is 0. The molecule has 1 heterocycles. The molecule has 1 fully saturated rings. The molecule has 2 heteroatoms. The average Bonchev–Trinajstić information content (AvgIpc) is 2.08. The van der Waals surface area contributed by atoms with Crippen molar-refractivity contribution in [2.24, 2.45) is 0 Å². The number of rotatable bonds is 1. The summed E-state index contributed by atoms with van der Waals surface area (Å²) in [6.07, 6.45) is 0.965. The summed E-state index contributed by atoms with van der Waals surface area (Å²) in [6.45, 7) is 10.8. The van der Waals surface area contributed by atoms with Crippen LogP contribution in [-0.2, 0) is 0 Å². The van der Waals surface area contributed by atoms with Crippen LogP contribution in [0.15, 0.2) is 0 Å². The molecule has 0 unspecified atom stereocenters. The van der Waals surface area contributed by atoms with Gasteiger partial charge in [0.2, 0.25) is 0 Å². The third-order valence-electron chi connectivity index (χ3n) is 2.54. The van der Waals surface area contributed by atoms with Crippen LogP contribution in [-0.4, -0.2) is 36.6 Å². The maximum atomic E-state index is 3.41. The van der Waals surface area contributed by atoms with E-state index in [0.29, 0.717) is 0 Å². The summed E-state index contributed by atoms with van der Waals surface area (Å²) in [5.74, 6) is 6.33. The Bertz CT molecular complexity index is 210. The molecule has 1 N–H and O–H groups in total. The fourth-order valence-electron chi connectivity index (χ4n) is 1.59. The highest BCUT2D eigenvalue weighted by Crippen LogP contribution is 2.14. The Morgan fingerprint density at radius 1 is 1.38 bits per heavy atom. The van der Waals surface area contributed by atoms with Gasteiger partial charge < -0.3 is 5.32 Å². The van der Waals surface area contributed by atoms with Crippen LogP contribution in [0.5, 0.6) is 0 Å². The van der Waals surface area contributed by atoms with Crippen molar-refractivity contribution in [3.63, 3.8) is 0 Å². The highest BCUT2D eigenvalue weighted by molar-refractivity contribution is 5.03. The second-order valence-corrected chi connectivity index (χ2v) is 4.12. The molecule has 1 rings (SSSR count). The Morgan fingerprint density at radius 2 is 2.15 bits per heavy atom. The molecule has 1 aliphatic rings. The van der Waals surface area contributed by atoms with Crippen LogP contribution in [0.4, 0.5) is 0 Å². The molecule has 0 saturated carbocycles. The molecular weight excluding hydrogens is 160 g/mol. The third kappa shape index (κ3) is 3.02. The molecular formula is C11H20N2. The van der Waals surface area contributed by atoms with Crippen LogP contribution in [0.3, 0.4) is 0 Å². The van der Waals surface area contributed by atoms with Crippen LogP contribution >= 0.6 is 0 Å². The van der Waals surface area contributed by atoms with Crippen LogP contribution in [0.2, 0.25) is 0 Å². The van der Waals surface area contributed by atoms with Crippen LogP contribution < -0.4 is 5.32 Å². The first-order valence-electron chi connectivity index (χ1n) is 5.08. The fourth-order valence-corrected chi connectivity index (χ4v) is 1.59. The Hall–Kier alpha value is -0.520. The summed E-state index contributed by atoms with van der Waals surface area (Å²) in [6, 6.07) is 0. The SMILES string of the molecule is CCC#CCN1CCNCC1(C)C. The van der Waals surface area contributed by atoms with Crippen molar-refractivity contribution in [2.45, 2.75) is 32.7 Å². The number of nitrogens with one attached hydrogen (secondary N) is 1. The van der Waals surface area contributed by atoms with E-state index in [9.17, 15) is 0 Å². The molecule has 2 nitrogen and oxygen atoms in total. The first kappa shape index (κ1) is 10.6. The van der Waals surface area contributed by atoms with E-state index < -0.39 is 0 Å². The van der Waals surface area contributed by atoms with Gasteiger partial charge in [-0.05, 0) is 13.8 Å². The van der Waals surface area contributed by atoms with Gasteiger partial charge in [-0.1, -0.05) is 12.8 Å². The summed E-state index contributed by atoms with van der Waals surface area (Å²) in [5, 5.41) is 3.41. The quantitative estimate of drug-likeness (QED) is 0.608. The predicted molar refractivity (Wildman–Crippen MR) is 56.6 cm³/mol. The van der Waals surface area contributed by atoms with Crippen LogP contribution in [0, 0.1) is 11.8 Å². The van der Waals surface area contributed by atoms with Crippen molar-refractivity contribution >= 4 is 0 Å². The maximum Gasteiger partial charge on any atom is 0.0607 e. The van der Waals surface area contributed by atoms with Crippen LogP contribution in [0.25, 0.3) is 0 Å². The van der Waals surface area contributed by atoms with Gasteiger partial charge in [-0.3, -0.25) is 4.90 Å². The standard InChI is InChI=1S/C11H20N2/c1-4-5-6-8-13-9-7-12-10-11(13,2)3/h12H,4,7-10H2,1-3H3. The minimum atomic E-state index is 0.265. The maximum absolute atomic E-state index is 3.41. The zero-order valence-electron chi connectivity index (χ0n) is 8.98. The molecule has 0 aromatic rings. The van der Waals surface area contributed by atoms with Gasteiger partial charge in [0, 0.05) is 31.6 Å². The number of nitrogens with zero attached hydrogens (tertiary/aromatic N) is 1. The van der Waals surface area contributed by atoms with Crippen molar-refractivity contribution in [3.05, 3.63) is 0 Å². The van der Waals surface area contributed by atoms with Gasteiger partial charge in [-0.2, -0.15) is 0 Å². The normalized spacial score (nSPS) is 22.1. The largest absolute Gasteiger partial charge is 0.314 e. The predicted octanol–water partition coefficient (Wildman–Crippen LogP) is 1.08. The molecule has 74 valence electrons. The van der Waals surface area contributed by atoms with Crippen molar-refractivity contribution in [3.8, 4) is 11.8 Å². The topological polar surface area (TPSA) is 15.3 Å². The van der Waals surface area contributed by atoms with Crippen molar-refractivity contribution in [2.75, 3.05) is 26.2 Å². The Labute approximate surface area is 81.7 Å². The third-order valence-corrected chi connectivity index (χ3v) is 2.54. The van der Waals surface area contributed by atoms with E-state index in [4.69, 9.17) is 0 Å². The lowest BCUT2D eigenvalue weighted by Crippen LogP contribution is -2.57. The van der Waals surface area contributed by atoms with Gasteiger partial charge in [0.25, 0.3) is 0 Å². The van der Waals surface area contributed by atoms with Crippen molar-refractivity contribution in [1.82, 2.24) is 10.2 Å². The van der Waals surface area contributed by atoms with E-state index in [1.54, 1.807) is 0 Å². The average molecular weight is 180 g/mol. The zero-order chi connectivity index (χ0) is 9.73. The first-order chi connectivity index (χ1) is 6.17. The lowest BCUT2D eigenvalue weighted by molar-refractivity contribution is 0.107. The second kappa shape index (κ2) is 4.64. The zero-order valence-corrected chi connectivity index (χ0v) is 8.98. The van der Waals surface area contributed by atoms with Gasteiger partial charge >= 0.3 is 0 Å². The minimum absolute atomic E-state index is 0.265. The van der Waals surface area contributed by atoms with E-state index in [2.05, 4.69) is 42.8 Å². The first-order valence-corrected chi connectivity index (χ1v) is 5.08. The van der Waals surface area contributed by atoms with Gasteiger partial charge in [0.05, 0.1) is 6.54 Å². The molecule has 1 aliphatic heterocycles. The summed E-state index contributed by atoms with van der Waals surface area (Å²) >= 11 is 0. The summed E-state index contributed by atoms with van der Waals surface area (Å²) in [7, 11) is 0. The van der Waals surface area contributed by atoms with Gasteiger partial charge in [-0.25, -0.2) is 0 Å². The molecule has 1 saturated heterocycles. The minimum Gasteiger partial charge on any atom is -0.314 e. The van der Waals surface area contributed by atoms with Gasteiger partial charge in [-0.15, -0.1) is 5.92 Å². The van der Waals surface area contributed by atoms with E-state index in [1.807, 2.05) is 0 Å². The Kier molecular flexibility index (Phi) is 3.77. The monoisotopic (exact) mass is 180 g/mol. The summed E-state index contributed by atoms with van der Waals surface area (Å²) in [5.41, 5.74) is 0.265. The molecule has 0 atom stereocenters. The van der Waals surface area contributed by atoms with Crippen LogP contribution in [0.1, 0.15) is 27.2 Å². The molecule has 0 aliphatic carbocycles. The molecule has 0 spiro atoms. The number of hydrogen-bond donors (Lipinski definition) is 1. The van der Waals surface area contributed by atoms with Gasteiger partial charge in [0.15, 0.2) is 0 Å². The van der Waals surface area contributed by atoms with E-state index >= 15 is 0 Å². The number of piperazine rings is 1. The van der Waals surface area contributed by atoms with Crippen molar-refractivity contribution in [1.29, 1.82) is 0 Å². The lowest BCUT2D eigenvalue weighted by Gasteiger charge is -2.41. The van der Waals surface area contributed by atoms with E-state index in [1.165, 1.54) is 0 Å². The molecule has 0 aromatic heterocycles. The van der Waals surface area contributed by atoms with E-state index in [0.717, 1.165) is 32.6 Å². The Balaban J connectivity index is 2.46. The highest BCUT2D eigenvalue weighted by atomic mass is 15.2. The second-order valence-electron chi connectivity index (χ2n) is 4.12. The highest BCUT2D eigenvalue weighted by Gasteiger charge is 2.28. The molecule has 0 bridgehead atoms. The van der Waals surface area contributed by atoms with Gasteiger partial charge in [0.1, 0.15) is 0 Å². The molecule has 0 amide bonds. The van der Waals surface area contributed by atoms with E-state index in [-0.39, 0.29) is 5.54 Å².